The van der Waals surface area contributed by atoms with Crippen molar-refractivity contribution in [3.63, 3.8) is 0 Å². The van der Waals surface area contributed by atoms with Gasteiger partial charge in [0.1, 0.15) is 5.41 Å². The first-order valence-electron chi connectivity index (χ1n) is 8.63. The van der Waals surface area contributed by atoms with Crippen LogP contribution in [0.1, 0.15) is 44.9 Å². The lowest BCUT2D eigenvalue weighted by Crippen LogP contribution is -2.40. The zero-order chi connectivity index (χ0) is 17.0. The summed E-state index contributed by atoms with van der Waals surface area (Å²) in [4.78, 5) is 24.9. The van der Waals surface area contributed by atoms with Crippen molar-refractivity contribution in [2.45, 2.75) is 44.9 Å². The van der Waals surface area contributed by atoms with Crippen LogP contribution in [0.15, 0.2) is 35.9 Å². The van der Waals surface area contributed by atoms with Crippen LogP contribution in [-0.2, 0) is 9.59 Å². The summed E-state index contributed by atoms with van der Waals surface area (Å²) in [5, 5.41) is 6.31. The molecule has 0 aromatic heterocycles. The Morgan fingerprint density at radius 3 is 2.67 bits per heavy atom. The fourth-order valence-corrected chi connectivity index (χ4v) is 3.33. The molecule has 0 radical (unpaired) electrons. The molecule has 24 heavy (non-hydrogen) atoms. The number of hydrogen-bond donors (Lipinski definition) is 2. The van der Waals surface area contributed by atoms with Crippen LogP contribution in [-0.4, -0.2) is 18.4 Å². The summed E-state index contributed by atoms with van der Waals surface area (Å²) in [5.41, 5.74) is 1.15. The Morgan fingerprint density at radius 2 is 2.00 bits per heavy atom. The minimum Gasteiger partial charge on any atom is -0.355 e. The monoisotopic (exact) mass is 346 g/mol. The van der Waals surface area contributed by atoms with Gasteiger partial charge in [-0.25, -0.2) is 0 Å². The van der Waals surface area contributed by atoms with Crippen molar-refractivity contribution in [1.82, 2.24) is 5.32 Å². The predicted molar refractivity (Wildman–Crippen MR) is 95.9 cm³/mol. The number of nitrogens with one attached hydrogen (secondary N) is 2. The van der Waals surface area contributed by atoms with E-state index in [2.05, 4.69) is 16.7 Å². The van der Waals surface area contributed by atoms with Crippen molar-refractivity contribution in [3.8, 4) is 0 Å². The van der Waals surface area contributed by atoms with Gasteiger partial charge in [-0.3, -0.25) is 9.59 Å². The summed E-state index contributed by atoms with van der Waals surface area (Å²) < 4.78 is 0. The van der Waals surface area contributed by atoms with Gasteiger partial charge in [0.2, 0.25) is 11.8 Å². The number of hydrogen-bond acceptors (Lipinski definition) is 2. The molecule has 1 aromatic carbocycles. The Morgan fingerprint density at radius 1 is 1.17 bits per heavy atom. The fourth-order valence-electron chi connectivity index (χ4n) is 3.14. The topological polar surface area (TPSA) is 58.2 Å². The first-order chi connectivity index (χ1) is 11.6. The van der Waals surface area contributed by atoms with E-state index in [1.54, 1.807) is 24.3 Å². The first kappa shape index (κ1) is 17.0. The normalized spacial score (nSPS) is 18.5. The lowest BCUT2D eigenvalue weighted by molar-refractivity contribution is -0.134. The van der Waals surface area contributed by atoms with Crippen LogP contribution < -0.4 is 10.6 Å². The fraction of sp³-hybridized carbons (Fsp3) is 0.474. The van der Waals surface area contributed by atoms with Crippen molar-refractivity contribution in [3.05, 3.63) is 40.9 Å². The molecule has 0 heterocycles. The van der Waals surface area contributed by atoms with Gasteiger partial charge in [-0.15, -0.1) is 0 Å². The van der Waals surface area contributed by atoms with Gasteiger partial charge in [0.25, 0.3) is 0 Å². The third-order valence-electron chi connectivity index (χ3n) is 4.82. The van der Waals surface area contributed by atoms with Gasteiger partial charge in [-0.2, -0.15) is 0 Å². The van der Waals surface area contributed by atoms with E-state index in [9.17, 15) is 9.59 Å². The third-order valence-corrected chi connectivity index (χ3v) is 5.05. The second kappa shape index (κ2) is 7.39. The number of allylic oxidation sites excluding steroid dienone is 1. The van der Waals surface area contributed by atoms with Gasteiger partial charge >= 0.3 is 0 Å². The maximum atomic E-state index is 12.5. The predicted octanol–water partition coefficient (Wildman–Crippen LogP) is 4.07. The second-order valence-electron chi connectivity index (χ2n) is 6.66. The quantitative estimate of drug-likeness (QED) is 0.602. The number of anilines is 1. The highest BCUT2D eigenvalue weighted by molar-refractivity contribution is 6.31. The average Bonchev–Trinajstić information content (AvgIpc) is 3.38. The zero-order valence-electron chi connectivity index (χ0n) is 13.7. The number of carbonyl (C=O) groups excluding carboxylic acids is 2. The standard InChI is InChI=1S/C19H23ClN2O2/c20-15-7-4-8-16(13-15)22-18(24)19(10-11-19)17(23)21-12-9-14-5-2-1-3-6-14/h4-5,7-8,13H,1-3,6,9-12H2,(H,21,23)(H,22,24). The van der Waals surface area contributed by atoms with E-state index in [1.807, 2.05) is 0 Å². The number of amides is 2. The van der Waals surface area contributed by atoms with Crippen LogP contribution in [0, 0.1) is 5.41 Å². The van der Waals surface area contributed by atoms with E-state index in [1.165, 1.54) is 18.4 Å². The molecule has 3 rings (SSSR count). The molecule has 0 saturated heterocycles. The van der Waals surface area contributed by atoms with E-state index >= 15 is 0 Å². The molecule has 2 amide bonds. The summed E-state index contributed by atoms with van der Waals surface area (Å²) in [6.07, 6.45) is 9.17. The van der Waals surface area contributed by atoms with E-state index in [4.69, 9.17) is 11.6 Å². The Balaban J connectivity index is 1.51. The van der Waals surface area contributed by atoms with Crippen LogP contribution >= 0.6 is 11.6 Å². The van der Waals surface area contributed by atoms with Crippen molar-refractivity contribution in [2.24, 2.45) is 5.41 Å². The summed E-state index contributed by atoms with van der Waals surface area (Å²) in [5.74, 6) is -0.391. The maximum absolute atomic E-state index is 12.5. The summed E-state index contributed by atoms with van der Waals surface area (Å²) in [7, 11) is 0. The summed E-state index contributed by atoms with van der Waals surface area (Å²) in [6.45, 7) is 0.608. The second-order valence-corrected chi connectivity index (χ2v) is 7.10. The van der Waals surface area contributed by atoms with Gasteiger partial charge in [0.15, 0.2) is 0 Å². The molecule has 5 heteroatoms. The van der Waals surface area contributed by atoms with Crippen LogP contribution in [0.3, 0.4) is 0 Å². The number of benzene rings is 1. The zero-order valence-corrected chi connectivity index (χ0v) is 14.5. The first-order valence-corrected chi connectivity index (χ1v) is 9.01. The molecule has 2 aliphatic rings. The maximum Gasteiger partial charge on any atom is 0.240 e. The minimum atomic E-state index is -0.900. The Hall–Kier alpha value is -1.81. The minimum absolute atomic E-state index is 0.154. The van der Waals surface area contributed by atoms with Crippen molar-refractivity contribution < 1.29 is 9.59 Å². The van der Waals surface area contributed by atoms with Crippen LogP contribution in [0.2, 0.25) is 5.02 Å². The highest BCUT2D eigenvalue weighted by Crippen LogP contribution is 2.46. The number of rotatable bonds is 6. The molecular weight excluding hydrogens is 324 g/mol. The lowest BCUT2D eigenvalue weighted by atomic mass is 9.97. The molecule has 1 saturated carbocycles. The van der Waals surface area contributed by atoms with E-state index in [-0.39, 0.29) is 11.8 Å². The lowest BCUT2D eigenvalue weighted by Gasteiger charge is -2.17. The molecule has 0 atom stereocenters. The summed E-state index contributed by atoms with van der Waals surface area (Å²) >= 11 is 5.93. The van der Waals surface area contributed by atoms with Crippen LogP contribution in [0.25, 0.3) is 0 Å². The molecule has 1 aromatic rings. The molecule has 0 aliphatic heterocycles. The largest absolute Gasteiger partial charge is 0.355 e. The van der Waals surface area contributed by atoms with Gasteiger partial charge in [0, 0.05) is 17.3 Å². The molecule has 0 unspecified atom stereocenters. The number of carbonyl (C=O) groups is 2. The molecule has 128 valence electrons. The molecule has 0 bridgehead atoms. The summed E-state index contributed by atoms with van der Waals surface area (Å²) in [6, 6.07) is 6.97. The SMILES string of the molecule is O=C(NCCC1=CCCCC1)C1(C(=O)Nc2cccc(Cl)c2)CC1. The van der Waals surface area contributed by atoms with Crippen molar-refractivity contribution in [1.29, 1.82) is 0 Å². The van der Waals surface area contributed by atoms with Gasteiger partial charge in [-0.1, -0.05) is 29.3 Å². The molecule has 0 spiro atoms. The Bertz CT molecular complexity index is 665. The molecule has 2 aliphatic carbocycles. The molecule has 2 N–H and O–H groups in total. The number of halogens is 1. The van der Waals surface area contributed by atoms with Crippen molar-refractivity contribution in [2.75, 3.05) is 11.9 Å². The average molecular weight is 347 g/mol. The smallest absolute Gasteiger partial charge is 0.240 e. The van der Waals surface area contributed by atoms with E-state index in [0.29, 0.717) is 30.1 Å². The highest BCUT2D eigenvalue weighted by atomic mass is 35.5. The Labute approximate surface area is 147 Å². The molecule has 4 nitrogen and oxygen atoms in total. The molecule has 1 fully saturated rings. The van der Waals surface area contributed by atoms with Crippen molar-refractivity contribution >= 4 is 29.1 Å². The Kier molecular flexibility index (Phi) is 5.24. The van der Waals surface area contributed by atoms with E-state index < -0.39 is 5.41 Å². The van der Waals surface area contributed by atoms with Gasteiger partial charge in [-0.05, 0) is 63.1 Å². The van der Waals surface area contributed by atoms with Gasteiger partial charge < -0.3 is 10.6 Å². The van der Waals surface area contributed by atoms with Crippen LogP contribution in [0.4, 0.5) is 5.69 Å². The van der Waals surface area contributed by atoms with Crippen LogP contribution in [0.5, 0.6) is 0 Å². The highest BCUT2D eigenvalue weighted by Gasteiger charge is 2.56. The van der Waals surface area contributed by atoms with Gasteiger partial charge in [0.05, 0.1) is 0 Å². The van der Waals surface area contributed by atoms with E-state index in [0.717, 1.165) is 19.3 Å². The molecular formula is C19H23ClN2O2. The third kappa shape index (κ3) is 3.99.